The van der Waals surface area contributed by atoms with Crippen molar-refractivity contribution in [2.45, 2.75) is 20.8 Å². The summed E-state index contributed by atoms with van der Waals surface area (Å²) in [5.41, 5.74) is 3.25. The first kappa shape index (κ1) is 20.5. The molecule has 3 aromatic heterocycles. The summed E-state index contributed by atoms with van der Waals surface area (Å²) in [4.78, 5) is 20.8. The predicted octanol–water partition coefficient (Wildman–Crippen LogP) is 4.24. The van der Waals surface area contributed by atoms with Crippen LogP contribution >= 0.6 is 11.6 Å². The summed E-state index contributed by atoms with van der Waals surface area (Å²) in [7, 11) is 0. The van der Waals surface area contributed by atoms with Crippen LogP contribution < -0.4 is 5.32 Å². The number of halogens is 1. The molecule has 0 aliphatic rings. The van der Waals surface area contributed by atoms with Crippen molar-refractivity contribution >= 4 is 29.2 Å². The number of benzene rings is 1. The molecule has 0 unspecified atom stereocenters. The maximum Gasteiger partial charge on any atom is 0.341 e. The van der Waals surface area contributed by atoms with E-state index in [0.29, 0.717) is 51.7 Å². The number of ether oxygens (including phenoxy) is 1. The normalized spacial score (nSPS) is 10.8. The van der Waals surface area contributed by atoms with E-state index in [9.17, 15) is 4.79 Å². The minimum absolute atomic E-state index is 0.292. The van der Waals surface area contributed by atoms with Crippen molar-refractivity contribution in [3.05, 3.63) is 64.7 Å². The highest BCUT2D eigenvalue weighted by molar-refractivity contribution is 6.35. The van der Waals surface area contributed by atoms with E-state index in [0.717, 1.165) is 5.56 Å². The number of nitrogens with zero attached hydrogens (tertiary/aromatic N) is 5. The second kappa shape index (κ2) is 8.57. The Balaban J connectivity index is 1.63. The molecule has 9 nitrogen and oxygen atoms in total. The van der Waals surface area contributed by atoms with Gasteiger partial charge in [-0.3, -0.25) is 5.10 Å². The molecule has 0 saturated heterocycles. The number of aromatic nitrogens is 6. The Morgan fingerprint density at radius 2 is 2.00 bits per heavy atom. The number of rotatable bonds is 6. The number of nitrogens with one attached hydrogen (secondary N) is 2. The van der Waals surface area contributed by atoms with Crippen molar-refractivity contribution in [2.24, 2.45) is 0 Å². The van der Waals surface area contributed by atoms with Gasteiger partial charge in [0.05, 0.1) is 23.7 Å². The average molecular weight is 438 g/mol. The molecule has 0 fully saturated rings. The van der Waals surface area contributed by atoms with Crippen LogP contribution in [0.2, 0.25) is 5.02 Å². The largest absolute Gasteiger partial charge is 0.462 e. The number of aryl methyl sites for hydroxylation is 1. The molecule has 0 aliphatic carbocycles. The molecule has 0 aliphatic heterocycles. The SMILES string of the molecule is CCOC(=O)c1c(C)nn(-c2cc(Nc3n[nH]c(-c4ccccc4)c3Cl)ncn2)c1C. The van der Waals surface area contributed by atoms with Gasteiger partial charge in [-0.1, -0.05) is 41.9 Å². The van der Waals surface area contributed by atoms with E-state index in [4.69, 9.17) is 16.3 Å². The fourth-order valence-electron chi connectivity index (χ4n) is 3.22. The Hall–Kier alpha value is -3.72. The Labute approximate surface area is 183 Å². The van der Waals surface area contributed by atoms with Gasteiger partial charge in [-0.25, -0.2) is 19.4 Å². The van der Waals surface area contributed by atoms with Crippen molar-refractivity contribution in [3.63, 3.8) is 0 Å². The Kier molecular flexibility index (Phi) is 5.68. The summed E-state index contributed by atoms with van der Waals surface area (Å²) in [6, 6.07) is 11.4. The highest BCUT2D eigenvalue weighted by atomic mass is 35.5. The van der Waals surface area contributed by atoms with Gasteiger partial charge in [0, 0.05) is 11.6 Å². The van der Waals surface area contributed by atoms with Gasteiger partial charge in [0.15, 0.2) is 11.6 Å². The van der Waals surface area contributed by atoms with Gasteiger partial charge < -0.3 is 10.1 Å². The van der Waals surface area contributed by atoms with Crippen LogP contribution in [0, 0.1) is 13.8 Å². The van der Waals surface area contributed by atoms with E-state index >= 15 is 0 Å². The maximum atomic E-state index is 12.2. The third kappa shape index (κ3) is 3.99. The number of esters is 1. The number of hydrogen-bond acceptors (Lipinski definition) is 7. The van der Waals surface area contributed by atoms with E-state index in [1.165, 1.54) is 6.33 Å². The van der Waals surface area contributed by atoms with Crippen molar-refractivity contribution in [1.29, 1.82) is 0 Å². The lowest BCUT2D eigenvalue weighted by atomic mass is 10.1. The molecule has 0 saturated carbocycles. The molecule has 1 aromatic carbocycles. The number of aromatic amines is 1. The maximum absolute atomic E-state index is 12.2. The van der Waals surface area contributed by atoms with Gasteiger partial charge in [0.2, 0.25) is 0 Å². The molecular formula is C21H20ClN7O2. The summed E-state index contributed by atoms with van der Waals surface area (Å²) < 4.78 is 6.71. The van der Waals surface area contributed by atoms with Crippen LogP contribution in [-0.2, 0) is 4.74 Å². The minimum atomic E-state index is -0.409. The van der Waals surface area contributed by atoms with E-state index in [1.54, 1.807) is 31.5 Å². The third-order valence-corrected chi connectivity index (χ3v) is 5.02. The molecule has 0 atom stereocenters. The van der Waals surface area contributed by atoms with Gasteiger partial charge in [-0.15, -0.1) is 0 Å². The quantitative estimate of drug-likeness (QED) is 0.434. The summed E-state index contributed by atoms with van der Waals surface area (Å²) in [5, 5.41) is 15.2. The Bertz CT molecular complexity index is 1230. The van der Waals surface area contributed by atoms with Crippen molar-refractivity contribution in [3.8, 4) is 17.1 Å². The summed E-state index contributed by atoms with van der Waals surface area (Å²) in [6.07, 6.45) is 1.40. The third-order valence-electron chi connectivity index (χ3n) is 4.66. The smallest absolute Gasteiger partial charge is 0.341 e. The molecular weight excluding hydrogens is 418 g/mol. The molecule has 0 amide bonds. The zero-order chi connectivity index (χ0) is 22.0. The summed E-state index contributed by atoms with van der Waals surface area (Å²) >= 11 is 6.51. The molecule has 4 aromatic rings. The molecule has 3 heterocycles. The number of anilines is 2. The number of carbonyl (C=O) groups excluding carboxylic acids is 1. The molecule has 10 heteroatoms. The molecule has 31 heavy (non-hydrogen) atoms. The van der Waals surface area contributed by atoms with E-state index in [-0.39, 0.29) is 0 Å². The first-order chi connectivity index (χ1) is 15.0. The van der Waals surface area contributed by atoms with E-state index in [2.05, 4.69) is 30.6 Å². The van der Waals surface area contributed by atoms with Crippen molar-refractivity contribution < 1.29 is 9.53 Å². The van der Waals surface area contributed by atoms with Gasteiger partial charge in [0.25, 0.3) is 0 Å². The number of H-pyrrole nitrogens is 1. The molecule has 0 radical (unpaired) electrons. The highest BCUT2D eigenvalue weighted by Crippen LogP contribution is 2.32. The van der Waals surface area contributed by atoms with Gasteiger partial charge in [0.1, 0.15) is 22.7 Å². The van der Waals surface area contributed by atoms with Gasteiger partial charge in [-0.05, 0) is 20.8 Å². The second-order valence-corrected chi connectivity index (χ2v) is 7.07. The lowest BCUT2D eigenvalue weighted by Gasteiger charge is -2.07. The topological polar surface area (TPSA) is 111 Å². The Morgan fingerprint density at radius 1 is 1.23 bits per heavy atom. The monoisotopic (exact) mass is 437 g/mol. The first-order valence-electron chi connectivity index (χ1n) is 9.61. The lowest BCUT2D eigenvalue weighted by Crippen LogP contribution is -2.08. The molecule has 0 spiro atoms. The lowest BCUT2D eigenvalue weighted by molar-refractivity contribution is 0.0524. The minimum Gasteiger partial charge on any atom is -0.462 e. The van der Waals surface area contributed by atoms with Crippen LogP contribution in [0.3, 0.4) is 0 Å². The first-order valence-corrected chi connectivity index (χ1v) is 9.99. The van der Waals surface area contributed by atoms with Crippen molar-refractivity contribution in [2.75, 3.05) is 11.9 Å². The van der Waals surface area contributed by atoms with Crippen LogP contribution in [0.25, 0.3) is 17.1 Å². The van der Waals surface area contributed by atoms with Gasteiger partial charge >= 0.3 is 5.97 Å². The standard InChI is InChI=1S/C21H20ClN7O2/c1-4-31-21(30)17-12(2)28-29(13(17)3)16-10-15(23-11-24-16)25-20-18(22)19(26-27-20)14-8-6-5-7-9-14/h5-11H,4H2,1-3H3,(H2,23,24,25,26,27). The fraction of sp³-hybridized carbons (Fsp3) is 0.190. The van der Waals surface area contributed by atoms with Crippen LogP contribution in [0.1, 0.15) is 28.7 Å². The summed E-state index contributed by atoms with van der Waals surface area (Å²) in [5.74, 6) is 0.991. The van der Waals surface area contributed by atoms with Gasteiger partial charge in [-0.2, -0.15) is 10.2 Å². The second-order valence-electron chi connectivity index (χ2n) is 6.69. The molecule has 158 valence electrons. The van der Waals surface area contributed by atoms with Crippen molar-refractivity contribution in [1.82, 2.24) is 29.9 Å². The molecule has 0 bridgehead atoms. The summed E-state index contributed by atoms with van der Waals surface area (Å²) in [6.45, 7) is 5.60. The zero-order valence-electron chi connectivity index (χ0n) is 17.2. The Morgan fingerprint density at radius 3 is 2.74 bits per heavy atom. The molecule has 4 rings (SSSR count). The van der Waals surface area contributed by atoms with Crippen LogP contribution in [-0.4, -0.2) is 42.5 Å². The van der Waals surface area contributed by atoms with Crippen LogP contribution in [0.5, 0.6) is 0 Å². The van der Waals surface area contributed by atoms with E-state index < -0.39 is 5.97 Å². The highest BCUT2D eigenvalue weighted by Gasteiger charge is 2.21. The average Bonchev–Trinajstić information content (AvgIpc) is 3.28. The molecule has 2 N–H and O–H groups in total. The zero-order valence-corrected chi connectivity index (χ0v) is 17.9. The van der Waals surface area contributed by atoms with Crippen LogP contribution in [0.15, 0.2) is 42.7 Å². The fourth-order valence-corrected chi connectivity index (χ4v) is 3.47. The van der Waals surface area contributed by atoms with E-state index in [1.807, 2.05) is 30.3 Å². The number of carbonyl (C=O) groups is 1. The van der Waals surface area contributed by atoms with Crippen LogP contribution in [0.4, 0.5) is 11.6 Å². The number of hydrogen-bond donors (Lipinski definition) is 2. The predicted molar refractivity (Wildman–Crippen MR) is 117 cm³/mol.